The van der Waals surface area contributed by atoms with Crippen LogP contribution in [0.25, 0.3) is 0 Å². The first-order chi connectivity index (χ1) is 15.2. The van der Waals surface area contributed by atoms with Gasteiger partial charge in [-0.3, -0.25) is 0 Å². The van der Waals surface area contributed by atoms with Gasteiger partial charge in [0.05, 0.1) is 39.2 Å². The molecule has 2 aromatic rings. The highest BCUT2D eigenvalue weighted by atomic mass is 35.5. The summed E-state index contributed by atoms with van der Waals surface area (Å²) in [4.78, 5) is 11.8. The van der Waals surface area contributed by atoms with E-state index in [2.05, 4.69) is 20.7 Å². The van der Waals surface area contributed by atoms with Crippen LogP contribution < -0.4 is 20.7 Å². The minimum absolute atomic E-state index is 0. The zero-order valence-electron chi connectivity index (χ0n) is 17.0. The highest BCUT2D eigenvalue weighted by Crippen LogP contribution is 2.37. The van der Waals surface area contributed by atoms with Gasteiger partial charge in [-0.1, -0.05) is 40.9 Å². The van der Waals surface area contributed by atoms with Crippen LogP contribution in [0.4, 0.5) is 16.2 Å². The Morgan fingerprint density at radius 2 is 1.85 bits per heavy atom. The lowest BCUT2D eigenvalue weighted by atomic mass is 10.2. The average molecular weight is 560 g/mol. The molecule has 1 fully saturated rings. The standard InChI is InChI=1S/C19H21Cl3N4O5S.ClH/c20-12-2-1-3-14(16(12)22)25-19(28)26-15-5-4-13(21)18(17(15)27)32(29,30)24-7-6-11-10-23-8-9-31-11;/h1-5,11,23-24,27H,6-10H2,(H2,25,26,28);1H. The van der Waals surface area contributed by atoms with E-state index in [1.54, 1.807) is 12.1 Å². The van der Waals surface area contributed by atoms with Gasteiger partial charge in [-0.05, 0) is 30.7 Å². The highest BCUT2D eigenvalue weighted by Gasteiger charge is 2.26. The lowest BCUT2D eigenvalue weighted by Gasteiger charge is -2.23. The number of hydrogen-bond acceptors (Lipinski definition) is 6. The summed E-state index contributed by atoms with van der Waals surface area (Å²) in [6.07, 6.45) is 0.316. The molecule has 0 spiro atoms. The Bertz CT molecular complexity index is 1100. The van der Waals surface area contributed by atoms with Crippen molar-refractivity contribution in [2.75, 3.05) is 36.9 Å². The Hall–Kier alpha value is -1.50. The van der Waals surface area contributed by atoms with E-state index in [9.17, 15) is 18.3 Å². The molecule has 1 aliphatic rings. The van der Waals surface area contributed by atoms with Crippen molar-refractivity contribution in [1.82, 2.24) is 10.0 Å². The van der Waals surface area contributed by atoms with Crippen LogP contribution in [0.5, 0.6) is 5.75 Å². The average Bonchev–Trinajstić information content (AvgIpc) is 2.74. The maximum Gasteiger partial charge on any atom is 0.323 e. The molecule has 0 aromatic heterocycles. The number of urea groups is 1. The number of benzene rings is 2. The molecule has 5 N–H and O–H groups in total. The van der Waals surface area contributed by atoms with Crippen molar-refractivity contribution in [3.8, 4) is 5.75 Å². The summed E-state index contributed by atoms with van der Waals surface area (Å²) in [5.74, 6) is -0.701. The fraction of sp³-hybridized carbons (Fsp3) is 0.316. The molecule has 2 amide bonds. The summed E-state index contributed by atoms with van der Waals surface area (Å²) in [6.45, 7) is 2.01. The van der Waals surface area contributed by atoms with Gasteiger partial charge in [-0.25, -0.2) is 17.9 Å². The molecular formula is C19H22Cl4N4O5S. The van der Waals surface area contributed by atoms with Crippen molar-refractivity contribution in [1.29, 1.82) is 0 Å². The van der Waals surface area contributed by atoms with Crippen molar-refractivity contribution in [2.45, 2.75) is 17.4 Å². The van der Waals surface area contributed by atoms with E-state index in [0.717, 1.165) is 6.54 Å². The predicted molar refractivity (Wildman–Crippen MR) is 132 cm³/mol. The number of sulfonamides is 1. The summed E-state index contributed by atoms with van der Waals surface area (Å²) < 4.78 is 33.4. The molecule has 0 aliphatic carbocycles. The number of halogens is 4. The Balaban J connectivity index is 0.00000385. The van der Waals surface area contributed by atoms with E-state index in [1.165, 1.54) is 18.2 Å². The second kappa shape index (κ2) is 12.3. The first-order valence-corrected chi connectivity index (χ1v) is 12.2. The highest BCUT2D eigenvalue weighted by molar-refractivity contribution is 7.89. The van der Waals surface area contributed by atoms with Gasteiger partial charge in [0.2, 0.25) is 10.0 Å². The quantitative estimate of drug-likeness (QED) is 0.325. The van der Waals surface area contributed by atoms with Crippen molar-refractivity contribution >= 4 is 74.6 Å². The van der Waals surface area contributed by atoms with Crippen LogP contribution in [-0.4, -0.2) is 51.9 Å². The number of aromatic hydroxyl groups is 1. The van der Waals surface area contributed by atoms with E-state index in [0.29, 0.717) is 19.6 Å². The molecule has 0 radical (unpaired) electrons. The first kappa shape index (κ1) is 27.7. The third-order valence-electron chi connectivity index (χ3n) is 4.56. The first-order valence-electron chi connectivity index (χ1n) is 9.54. The molecule has 1 aliphatic heterocycles. The van der Waals surface area contributed by atoms with Crippen LogP contribution >= 0.6 is 47.2 Å². The van der Waals surface area contributed by atoms with Crippen LogP contribution in [-0.2, 0) is 14.8 Å². The van der Waals surface area contributed by atoms with Crippen molar-refractivity contribution in [3.63, 3.8) is 0 Å². The lowest BCUT2D eigenvalue weighted by molar-refractivity contribution is 0.0247. The number of phenolic OH excluding ortho intramolecular Hbond substituents is 1. The number of carbonyl (C=O) groups is 1. The summed E-state index contributed by atoms with van der Waals surface area (Å²) in [6, 6.07) is 6.43. The normalized spacial score (nSPS) is 16.0. The fourth-order valence-corrected chi connectivity index (χ4v) is 5.04. The third-order valence-corrected chi connectivity index (χ3v) is 7.34. The fourth-order valence-electron chi connectivity index (χ4n) is 3.01. The van der Waals surface area contributed by atoms with Gasteiger partial charge >= 0.3 is 6.03 Å². The topological polar surface area (TPSA) is 129 Å². The van der Waals surface area contributed by atoms with E-state index < -0.39 is 26.7 Å². The van der Waals surface area contributed by atoms with Crippen LogP contribution in [0.15, 0.2) is 35.2 Å². The van der Waals surface area contributed by atoms with Gasteiger partial charge in [0.1, 0.15) is 4.90 Å². The second-order valence-electron chi connectivity index (χ2n) is 6.84. The second-order valence-corrected chi connectivity index (χ2v) is 9.73. The summed E-state index contributed by atoms with van der Waals surface area (Å²) >= 11 is 18.0. The van der Waals surface area contributed by atoms with Gasteiger partial charge in [-0.15, -0.1) is 12.4 Å². The lowest BCUT2D eigenvalue weighted by Crippen LogP contribution is -2.40. The number of rotatable bonds is 7. The molecule has 1 unspecified atom stereocenters. The third kappa shape index (κ3) is 7.24. The summed E-state index contributed by atoms with van der Waals surface area (Å²) in [5, 5.41) is 18.7. The zero-order valence-corrected chi connectivity index (χ0v) is 20.9. The number of morpholine rings is 1. The smallest absolute Gasteiger partial charge is 0.323 e. The van der Waals surface area contributed by atoms with Crippen LogP contribution in [0.3, 0.4) is 0 Å². The summed E-state index contributed by atoms with van der Waals surface area (Å²) in [5.41, 5.74) is 0.0734. The molecule has 0 bridgehead atoms. The molecule has 182 valence electrons. The largest absolute Gasteiger partial charge is 0.504 e. The molecule has 3 rings (SSSR count). The Morgan fingerprint density at radius 3 is 2.55 bits per heavy atom. The van der Waals surface area contributed by atoms with Crippen molar-refractivity contribution < 1.29 is 23.1 Å². The van der Waals surface area contributed by atoms with Crippen LogP contribution in [0, 0.1) is 0 Å². The van der Waals surface area contributed by atoms with Gasteiger partial charge in [0.25, 0.3) is 0 Å². The van der Waals surface area contributed by atoms with Gasteiger partial charge in [0, 0.05) is 19.6 Å². The van der Waals surface area contributed by atoms with Gasteiger partial charge < -0.3 is 25.8 Å². The van der Waals surface area contributed by atoms with Gasteiger partial charge in [0.15, 0.2) is 5.75 Å². The molecule has 0 saturated carbocycles. The molecular weight excluding hydrogens is 538 g/mol. The predicted octanol–water partition coefficient (Wildman–Crippen LogP) is 4.08. The molecule has 2 aromatic carbocycles. The Morgan fingerprint density at radius 1 is 1.12 bits per heavy atom. The molecule has 9 nitrogen and oxygen atoms in total. The number of amides is 2. The number of phenols is 1. The molecule has 1 atom stereocenters. The Kier molecular flexibility index (Phi) is 10.3. The van der Waals surface area contributed by atoms with E-state index in [-0.39, 0.29) is 51.5 Å². The van der Waals surface area contributed by atoms with Gasteiger partial charge in [-0.2, -0.15) is 0 Å². The molecule has 33 heavy (non-hydrogen) atoms. The van der Waals surface area contributed by atoms with Crippen molar-refractivity contribution in [3.05, 3.63) is 45.4 Å². The minimum atomic E-state index is -4.17. The number of nitrogens with one attached hydrogen (secondary N) is 4. The van der Waals surface area contributed by atoms with E-state index in [4.69, 9.17) is 39.5 Å². The van der Waals surface area contributed by atoms with E-state index >= 15 is 0 Å². The zero-order chi connectivity index (χ0) is 23.3. The SMILES string of the molecule is Cl.O=C(Nc1ccc(Cl)c(S(=O)(=O)NCCC2CNCCO2)c1O)Nc1cccc(Cl)c1Cl. The number of hydrogen-bond donors (Lipinski definition) is 5. The maximum absolute atomic E-state index is 12.8. The van der Waals surface area contributed by atoms with Crippen molar-refractivity contribution in [2.24, 2.45) is 0 Å². The maximum atomic E-state index is 12.8. The van der Waals surface area contributed by atoms with E-state index in [1.807, 2.05) is 0 Å². The monoisotopic (exact) mass is 558 g/mol. The molecule has 1 saturated heterocycles. The minimum Gasteiger partial charge on any atom is -0.504 e. The number of ether oxygens (including phenoxy) is 1. The summed E-state index contributed by atoms with van der Waals surface area (Å²) in [7, 11) is -4.17. The van der Waals surface area contributed by atoms with Crippen LogP contribution in [0.1, 0.15) is 6.42 Å². The molecule has 14 heteroatoms. The van der Waals surface area contributed by atoms with Crippen LogP contribution in [0.2, 0.25) is 15.1 Å². The number of anilines is 2. The number of carbonyl (C=O) groups excluding carboxylic acids is 1. The molecule has 1 heterocycles. The Labute approximate surface area is 212 Å².